The Bertz CT molecular complexity index is 448. The third-order valence-electron chi connectivity index (χ3n) is 5.72. The molecule has 3 saturated heterocycles. The number of carbonyl (C=O) groups excluding carboxylic acids is 1. The highest BCUT2D eigenvalue weighted by Crippen LogP contribution is 2.41. The fourth-order valence-corrected chi connectivity index (χ4v) is 4.20. The van der Waals surface area contributed by atoms with Gasteiger partial charge < -0.3 is 19.6 Å². The van der Waals surface area contributed by atoms with Gasteiger partial charge in [0.1, 0.15) is 5.41 Å². The molecule has 3 rings (SSSR count). The number of ether oxygens (including phenoxy) is 1. The molecule has 1 N–H and O–H groups in total. The number of hydrogen-bond acceptors (Lipinski definition) is 4. The van der Waals surface area contributed by atoms with Gasteiger partial charge in [0, 0.05) is 25.4 Å². The second-order valence-corrected chi connectivity index (χ2v) is 7.31. The molecule has 2 atom stereocenters. The van der Waals surface area contributed by atoms with E-state index in [-0.39, 0.29) is 18.4 Å². The molecule has 3 aliphatic heterocycles. The predicted molar refractivity (Wildman–Crippen MR) is 85.1 cm³/mol. The van der Waals surface area contributed by atoms with Crippen LogP contribution in [0, 0.1) is 11.3 Å². The Morgan fingerprint density at radius 1 is 1.17 bits per heavy atom. The van der Waals surface area contributed by atoms with E-state index in [0.717, 1.165) is 26.1 Å². The summed E-state index contributed by atoms with van der Waals surface area (Å²) in [4.78, 5) is 28.2. The fourth-order valence-electron chi connectivity index (χ4n) is 4.20. The second kappa shape index (κ2) is 7.18. The maximum Gasteiger partial charge on any atom is 0.314 e. The van der Waals surface area contributed by atoms with Crippen molar-refractivity contribution in [3.63, 3.8) is 0 Å². The molecule has 1 amide bonds. The maximum absolute atomic E-state index is 12.4. The second-order valence-electron chi connectivity index (χ2n) is 7.31. The Morgan fingerprint density at radius 3 is 2.57 bits per heavy atom. The number of fused-ring (bicyclic) bond motifs is 1. The van der Waals surface area contributed by atoms with Crippen molar-refractivity contribution in [2.75, 3.05) is 45.9 Å². The Hall–Kier alpha value is -1.14. The topological polar surface area (TPSA) is 70.1 Å². The minimum absolute atomic E-state index is 0.0467. The van der Waals surface area contributed by atoms with Gasteiger partial charge in [-0.05, 0) is 38.9 Å². The standard InChI is InChI=1S/C17H28N2O4/c20-15(6-5-9-18-7-3-1-2-4-8-18)19-10-14-11-23-13-17(14,12-19)16(21)22/h14H,1-13H2,(H,21,22)/t14-,17-/m1/s1. The molecule has 3 fully saturated rings. The average Bonchev–Trinajstić information content (AvgIpc) is 2.97. The molecule has 3 aliphatic rings. The lowest BCUT2D eigenvalue weighted by atomic mass is 9.81. The van der Waals surface area contributed by atoms with Crippen LogP contribution in [-0.4, -0.2) is 72.7 Å². The smallest absolute Gasteiger partial charge is 0.314 e. The summed E-state index contributed by atoms with van der Waals surface area (Å²) < 4.78 is 5.35. The zero-order chi connectivity index (χ0) is 16.3. The van der Waals surface area contributed by atoms with Crippen LogP contribution in [0.2, 0.25) is 0 Å². The first-order valence-electron chi connectivity index (χ1n) is 8.93. The fraction of sp³-hybridized carbons (Fsp3) is 0.882. The van der Waals surface area contributed by atoms with Gasteiger partial charge in [0.25, 0.3) is 0 Å². The summed E-state index contributed by atoms with van der Waals surface area (Å²) in [6.45, 7) is 4.84. The summed E-state index contributed by atoms with van der Waals surface area (Å²) in [6, 6.07) is 0. The number of nitrogens with zero attached hydrogens (tertiary/aromatic N) is 2. The van der Waals surface area contributed by atoms with Crippen LogP contribution in [0.25, 0.3) is 0 Å². The van der Waals surface area contributed by atoms with Crippen molar-refractivity contribution in [1.82, 2.24) is 9.80 Å². The Kier molecular flexibility index (Phi) is 5.21. The maximum atomic E-state index is 12.4. The SMILES string of the molecule is O=C(CCCN1CCCCCC1)N1C[C@@H]2COC[C@]2(C(=O)O)C1. The van der Waals surface area contributed by atoms with Crippen LogP contribution in [0.3, 0.4) is 0 Å². The van der Waals surface area contributed by atoms with Crippen molar-refractivity contribution in [2.24, 2.45) is 11.3 Å². The molecule has 0 saturated carbocycles. The molecule has 0 bridgehead atoms. The lowest BCUT2D eigenvalue weighted by Crippen LogP contribution is -2.40. The van der Waals surface area contributed by atoms with E-state index in [4.69, 9.17) is 4.74 Å². The molecule has 0 radical (unpaired) electrons. The van der Waals surface area contributed by atoms with Gasteiger partial charge in [-0.15, -0.1) is 0 Å². The van der Waals surface area contributed by atoms with Gasteiger partial charge in [0.2, 0.25) is 5.91 Å². The molecule has 130 valence electrons. The molecule has 6 heteroatoms. The molecule has 0 aromatic heterocycles. The van der Waals surface area contributed by atoms with Crippen molar-refractivity contribution in [3.05, 3.63) is 0 Å². The van der Waals surface area contributed by atoms with E-state index in [2.05, 4.69) is 4.90 Å². The Balaban J connectivity index is 1.45. The van der Waals surface area contributed by atoms with Crippen LogP contribution in [0.1, 0.15) is 38.5 Å². The van der Waals surface area contributed by atoms with Gasteiger partial charge in [-0.1, -0.05) is 12.8 Å². The molecule has 0 aliphatic carbocycles. The average molecular weight is 324 g/mol. The van der Waals surface area contributed by atoms with Gasteiger partial charge in [0.15, 0.2) is 0 Å². The highest BCUT2D eigenvalue weighted by atomic mass is 16.5. The number of carbonyl (C=O) groups is 2. The predicted octanol–water partition coefficient (Wildman–Crippen LogP) is 1.20. The summed E-state index contributed by atoms with van der Waals surface area (Å²) in [6.07, 6.45) is 6.58. The Labute approximate surface area is 137 Å². The molecule has 23 heavy (non-hydrogen) atoms. The molecule has 6 nitrogen and oxygen atoms in total. The minimum atomic E-state index is -0.861. The summed E-state index contributed by atoms with van der Waals surface area (Å²) >= 11 is 0. The molecular weight excluding hydrogens is 296 g/mol. The van der Waals surface area contributed by atoms with E-state index in [9.17, 15) is 14.7 Å². The summed E-state index contributed by atoms with van der Waals surface area (Å²) in [7, 11) is 0. The number of carboxylic acid groups (broad SMARTS) is 1. The van der Waals surface area contributed by atoms with Crippen molar-refractivity contribution >= 4 is 11.9 Å². The van der Waals surface area contributed by atoms with E-state index >= 15 is 0 Å². The van der Waals surface area contributed by atoms with Gasteiger partial charge in [-0.2, -0.15) is 0 Å². The van der Waals surface area contributed by atoms with Crippen LogP contribution >= 0.6 is 0 Å². The van der Waals surface area contributed by atoms with Crippen molar-refractivity contribution < 1.29 is 19.4 Å². The first kappa shape index (κ1) is 16.7. The van der Waals surface area contributed by atoms with Gasteiger partial charge in [-0.3, -0.25) is 9.59 Å². The lowest BCUT2D eigenvalue weighted by molar-refractivity contribution is -0.149. The van der Waals surface area contributed by atoms with E-state index in [0.29, 0.717) is 26.1 Å². The molecule has 0 aromatic carbocycles. The third kappa shape index (κ3) is 3.53. The number of hydrogen-bond donors (Lipinski definition) is 1. The van der Waals surface area contributed by atoms with Gasteiger partial charge in [0.05, 0.1) is 13.2 Å². The first-order chi connectivity index (χ1) is 11.1. The van der Waals surface area contributed by atoms with Crippen molar-refractivity contribution in [2.45, 2.75) is 38.5 Å². The largest absolute Gasteiger partial charge is 0.481 e. The van der Waals surface area contributed by atoms with Gasteiger partial charge >= 0.3 is 5.97 Å². The molecule has 3 heterocycles. The van der Waals surface area contributed by atoms with Crippen LogP contribution in [-0.2, 0) is 14.3 Å². The molecule has 0 unspecified atom stereocenters. The highest BCUT2D eigenvalue weighted by Gasteiger charge is 2.57. The molecule has 0 spiro atoms. The van der Waals surface area contributed by atoms with Crippen molar-refractivity contribution in [3.8, 4) is 0 Å². The lowest BCUT2D eigenvalue weighted by Gasteiger charge is -2.23. The Morgan fingerprint density at radius 2 is 1.91 bits per heavy atom. The highest BCUT2D eigenvalue weighted by molar-refractivity contribution is 5.81. The molecule has 0 aromatic rings. The van der Waals surface area contributed by atoms with Crippen LogP contribution in [0.4, 0.5) is 0 Å². The number of aliphatic carboxylic acids is 1. The summed E-state index contributed by atoms with van der Waals surface area (Å²) in [5.41, 5.74) is -0.861. The van der Waals surface area contributed by atoms with Crippen LogP contribution in [0.15, 0.2) is 0 Å². The minimum Gasteiger partial charge on any atom is -0.481 e. The number of likely N-dealkylation sites (tertiary alicyclic amines) is 2. The monoisotopic (exact) mass is 324 g/mol. The number of carboxylic acids is 1. The van der Waals surface area contributed by atoms with E-state index < -0.39 is 11.4 Å². The zero-order valence-corrected chi connectivity index (χ0v) is 13.8. The van der Waals surface area contributed by atoms with E-state index in [1.54, 1.807) is 4.90 Å². The van der Waals surface area contributed by atoms with Gasteiger partial charge in [-0.25, -0.2) is 0 Å². The van der Waals surface area contributed by atoms with E-state index in [1.807, 2.05) is 0 Å². The van der Waals surface area contributed by atoms with Crippen molar-refractivity contribution in [1.29, 1.82) is 0 Å². The normalized spacial score (nSPS) is 31.8. The zero-order valence-electron chi connectivity index (χ0n) is 13.8. The van der Waals surface area contributed by atoms with Crippen LogP contribution in [0.5, 0.6) is 0 Å². The summed E-state index contributed by atoms with van der Waals surface area (Å²) in [5.74, 6) is -0.760. The third-order valence-corrected chi connectivity index (χ3v) is 5.72. The summed E-state index contributed by atoms with van der Waals surface area (Å²) in [5, 5.41) is 9.52. The first-order valence-corrected chi connectivity index (χ1v) is 8.93. The number of rotatable bonds is 5. The van der Waals surface area contributed by atoms with Crippen LogP contribution < -0.4 is 0 Å². The molecular formula is C17H28N2O4. The number of amides is 1. The quantitative estimate of drug-likeness (QED) is 0.823. The van der Waals surface area contributed by atoms with E-state index in [1.165, 1.54) is 25.7 Å².